The molecular formula is C11H10FN3O6. The number of carbonyl (C=O) groups excluding carboxylic acids is 2. The average molecular weight is 299 g/mol. The van der Waals surface area contributed by atoms with Crippen LogP contribution in [-0.2, 0) is 9.59 Å². The van der Waals surface area contributed by atoms with Crippen LogP contribution in [0.15, 0.2) is 18.2 Å². The summed E-state index contributed by atoms with van der Waals surface area (Å²) < 4.78 is 13.4. The van der Waals surface area contributed by atoms with Gasteiger partial charge in [-0.2, -0.15) is 4.39 Å². The Kier molecular flexibility index (Phi) is 4.89. The van der Waals surface area contributed by atoms with E-state index in [4.69, 9.17) is 10.8 Å². The molecule has 0 aliphatic heterocycles. The summed E-state index contributed by atoms with van der Waals surface area (Å²) in [5.41, 5.74) is 3.69. The van der Waals surface area contributed by atoms with Crippen molar-refractivity contribution >= 4 is 23.5 Å². The van der Waals surface area contributed by atoms with Gasteiger partial charge in [0, 0.05) is 11.6 Å². The Hall–Kier alpha value is -3.04. The number of nitrogens with two attached hydrogens (primary N) is 1. The second-order valence-electron chi connectivity index (χ2n) is 3.96. The molecule has 0 spiro atoms. The Morgan fingerprint density at radius 1 is 1.43 bits per heavy atom. The number of aliphatic carboxylic acids is 1. The predicted molar refractivity (Wildman–Crippen MR) is 65.8 cm³/mol. The number of nitro benzene ring substituents is 1. The third kappa shape index (κ3) is 4.23. The summed E-state index contributed by atoms with van der Waals surface area (Å²) in [5.74, 6) is -4.69. The third-order valence-corrected chi connectivity index (χ3v) is 2.42. The predicted octanol–water partition coefficient (Wildman–Crippen LogP) is -0.208. The molecule has 0 aromatic heterocycles. The van der Waals surface area contributed by atoms with Crippen molar-refractivity contribution in [3.8, 4) is 0 Å². The highest BCUT2D eigenvalue weighted by Gasteiger charge is 2.24. The van der Waals surface area contributed by atoms with Gasteiger partial charge in [0.25, 0.3) is 5.91 Å². The molecule has 0 saturated carbocycles. The molecular weight excluding hydrogens is 289 g/mol. The number of amides is 2. The van der Waals surface area contributed by atoms with Crippen LogP contribution in [0.4, 0.5) is 10.1 Å². The van der Waals surface area contributed by atoms with Crippen LogP contribution in [0.25, 0.3) is 0 Å². The Bertz CT molecular complexity index is 618. The second kappa shape index (κ2) is 6.41. The van der Waals surface area contributed by atoms with E-state index in [9.17, 15) is 28.9 Å². The summed E-state index contributed by atoms with van der Waals surface area (Å²) in [5, 5.41) is 21.2. The summed E-state index contributed by atoms with van der Waals surface area (Å²) in [6.45, 7) is 0. The number of benzene rings is 1. The summed E-state index contributed by atoms with van der Waals surface area (Å²) >= 11 is 0. The van der Waals surface area contributed by atoms with Crippen LogP contribution in [0.3, 0.4) is 0 Å². The maximum Gasteiger partial charge on any atom is 0.326 e. The molecule has 1 atom stereocenters. The van der Waals surface area contributed by atoms with Crippen molar-refractivity contribution in [1.82, 2.24) is 5.32 Å². The standard InChI is InChI=1S/C11H10FN3O6/c12-6-3-5(1-2-8(6)15(20)21)10(17)14-7(11(18)19)4-9(13)16/h1-3,7H,4H2,(H2,13,16)(H,14,17)(H,18,19)/t7-/m1/s1. The minimum atomic E-state index is -1.58. The van der Waals surface area contributed by atoms with E-state index in [-0.39, 0.29) is 5.56 Å². The SMILES string of the molecule is NC(=O)C[C@@H](NC(=O)c1ccc([N+](=O)[O-])c(F)c1)C(=O)O. The quantitative estimate of drug-likeness (QED) is 0.488. The molecule has 1 aromatic rings. The summed E-state index contributed by atoms with van der Waals surface area (Å²) in [4.78, 5) is 42.7. The zero-order valence-electron chi connectivity index (χ0n) is 10.4. The lowest BCUT2D eigenvalue weighted by Crippen LogP contribution is -2.43. The van der Waals surface area contributed by atoms with Gasteiger partial charge in [-0.15, -0.1) is 0 Å². The van der Waals surface area contributed by atoms with Crippen molar-refractivity contribution in [2.24, 2.45) is 5.73 Å². The molecule has 0 bridgehead atoms. The molecule has 10 heteroatoms. The lowest BCUT2D eigenvalue weighted by molar-refractivity contribution is -0.387. The molecule has 0 heterocycles. The van der Waals surface area contributed by atoms with Gasteiger partial charge in [0.15, 0.2) is 0 Å². The smallest absolute Gasteiger partial charge is 0.326 e. The van der Waals surface area contributed by atoms with Crippen molar-refractivity contribution in [2.75, 3.05) is 0 Å². The van der Waals surface area contributed by atoms with Crippen molar-refractivity contribution in [3.63, 3.8) is 0 Å². The normalized spacial score (nSPS) is 11.5. The molecule has 0 unspecified atom stereocenters. The van der Waals surface area contributed by atoms with Gasteiger partial charge in [-0.25, -0.2) is 4.79 Å². The van der Waals surface area contributed by atoms with E-state index >= 15 is 0 Å². The molecule has 0 aliphatic rings. The largest absolute Gasteiger partial charge is 0.480 e. The van der Waals surface area contributed by atoms with Gasteiger partial charge in [0.1, 0.15) is 6.04 Å². The first kappa shape index (κ1) is 16.0. The zero-order chi connectivity index (χ0) is 16.2. The van der Waals surface area contributed by atoms with Gasteiger partial charge in [-0.3, -0.25) is 19.7 Å². The molecule has 0 radical (unpaired) electrons. The first-order chi connectivity index (χ1) is 9.72. The Morgan fingerprint density at radius 2 is 2.05 bits per heavy atom. The zero-order valence-corrected chi connectivity index (χ0v) is 10.4. The Labute approximate surface area is 116 Å². The van der Waals surface area contributed by atoms with E-state index in [1.807, 2.05) is 5.32 Å². The molecule has 0 fully saturated rings. The van der Waals surface area contributed by atoms with Crippen LogP contribution in [0.2, 0.25) is 0 Å². The van der Waals surface area contributed by atoms with Crippen LogP contribution in [0.1, 0.15) is 16.8 Å². The number of halogens is 1. The average Bonchev–Trinajstić information content (AvgIpc) is 2.36. The number of hydrogen-bond donors (Lipinski definition) is 3. The number of carboxylic acids is 1. The van der Waals surface area contributed by atoms with Gasteiger partial charge in [-0.1, -0.05) is 0 Å². The van der Waals surface area contributed by atoms with Gasteiger partial charge in [0.05, 0.1) is 11.3 Å². The molecule has 112 valence electrons. The van der Waals surface area contributed by atoms with E-state index in [0.717, 1.165) is 12.1 Å². The maximum atomic E-state index is 13.4. The second-order valence-corrected chi connectivity index (χ2v) is 3.96. The molecule has 1 rings (SSSR count). The van der Waals surface area contributed by atoms with Crippen molar-refractivity contribution in [2.45, 2.75) is 12.5 Å². The number of rotatable bonds is 6. The molecule has 2 amide bonds. The lowest BCUT2D eigenvalue weighted by atomic mass is 10.1. The molecule has 0 aliphatic carbocycles. The van der Waals surface area contributed by atoms with Gasteiger partial charge in [0.2, 0.25) is 11.7 Å². The molecule has 0 saturated heterocycles. The number of nitrogens with zero attached hydrogens (tertiary/aromatic N) is 1. The number of primary amides is 1. The van der Waals surface area contributed by atoms with Gasteiger partial charge >= 0.3 is 11.7 Å². The lowest BCUT2D eigenvalue weighted by Gasteiger charge is -2.12. The number of hydrogen-bond acceptors (Lipinski definition) is 5. The van der Waals surface area contributed by atoms with Crippen molar-refractivity contribution in [3.05, 3.63) is 39.7 Å². The van der Waals surface area contributed by atoms with Crippen molar-refractivity contribution in [1.29, 1.82) is 0 Å². The molecule has 9 nitrogen and oxygen atoms in total. The number of nitrogens with one attached hydrogen (secondary N) is 1. The van der Waals surface area contributed by atoms with E-state index in [2.05, 4.69) is 0 Å². The number of carboxylic acid groups (broad SMARTS) is 1. The summed E-state index contributed by atoms with van der Waals surface area (Å²) in [6, 6.07) is 0.748. The fourth-order valence-corrected chi connectivity index (χ4v) is 1.44. The summed E-state index contributed by atoms with van der Waals surface area (Å²) in [7, 11) is 0. The van der Waals surface area contributed by atoms with Crippen LogP contribution < -0.4 is 11.1 Å². The Morgan fingerprint density at radius 3 is 2.48 bits per heavy atom. The van der Waals surface area contributed by atoms with E-state index in [1.54, 1.807) is 0 Å². The first-order valence-corrected chi connectivity index (χ1v) is 5.48. The van der Waals surface area contributed by atoms with Crippen molar-refractivity contribution < 1.29 is 28.8 Å². The number of nitro groups is 1. The highest BCUT2D eigenvalue weighted by Crippen LogP contribution is 2.18. The molecule has 21 heavy (non-hydrogen) atoms. The van der Waals surface area contributed by atoms with Gasteiger partial charge < -0.3 is 16.2 Å². The van der Waals surface area contributed by atoms with Crippen LogP contribution in [-0.4, -0.2) is 33.9 Å². The number of carbonyl (C=O) groups is 3. The van der Waals surface area contributed by atoms with Crippen LogP contribution >= 0.6 is 0 Å². The minimum absolute atomic E-state index is 0.325. The highest BCUT2D eigenvalue weighted by molar-refractivity contribution is 5.97. The van der Waals surface area contributed by atoms with Crippen LogP contribution in [0, 0.1) is 15.9 Å². The monoisotopic (exact) mass is 299 g/mol. The van der Waals surface area contributed by atoms with E-state index in [0.29, 0.717) is 6.07 Å². The first-order valence-electron chi connectivity index (χ1n) is 5.48. The van der Waals surface area contributed by atoms with E-state index < -0.39 is 46.7 Å². The maximum absolute atomic E-state index is 13.4. The topological polar surface area (TPSA) is 153 Å². The summed E-state index contributed by atoms with van der Waals surface area (Å²) in [6.07, 6.45) is -0.642. The third-order valence-electron chi connectivity index (χ3n) is 2.42. The Balaban J connectivity index is 2.93. The minimum Gasteiger partial charge on any atom is -0.480 e. The fourth-order valence-electron chi connectivity index (χ4n) is 1.44. The van der Waals surface area contributed by atoms with Gasteiger partial charge in [-0.05, 0) is 12.1 Å². The molecule has 1 aromatic carbocycles. The van der Waals surface area contributed by atoms with Crippen LogP contribution in [0.5, 0.6) is 0 Å². The fraction of sp³-hybridized carbons (Fsp3) is 0.182. The molecule has 4 N–H and O–H groups in total. The van der Waals surface area contributed by atoms with E-state index in [1.165, 1.54) is 0 Å². The highest BCUT2D eigenvalue weighted by atomic mass is 19.1.